The number of para-hydroxylation sites is 2. The maximum absolute atomic E-state index is 5.85. The molecule has 0 spiro atoms. The molecule has 5 heteroatoms. The van der Waals surface area contributed by atoms with E-state index in [1.54, 1.807) is 7.11 Å². The number of piperidine rings is 1. The lowest BCUT2D eigenvalue weighted by molar-refractivity contribution is 0.200. The van der Waals surface area contributed by atoms with Crippen molar-refractivity contribution in [2.24, 2.45) is 5.92 Å². The van der Waals surface area contributed by atoms with Gasteiger partial charge in [0, 0.05) is 0 Å². The zero-order valence-electron chi connectivity index (χ0n) is 11.6. The molecule has 0 unspecified atom stereocenters. The van der Waals surface area contributed by atoms with Crippen molar-refractivity contribution < 1.29 is 9.47 Å². The molecule has 0 amide bonds. The monoisotopic (exact) mass is 273 g/mol. The summed E-state index contributed by atoms with van der Waals surface area (Å²) in [6.07, 6.45) is 2.28. The molecule has 2 heterocycles. The van der Waals surface area contributed by atoms with Gasteiger partial charge in [-0.15, -0.1) is 0 Å². The summed E-state index contributed by atoms with van der Waals surface area (Å²) < 4.78 is 11.1. The van der Waals surface area contributed by atoms with Gasteiger partial charge in [-0.1, -0.05) is 12.1 Å². The Balaban J connectivity index is 1.78. The second-order valence-electron chi connectivity index (χ2n) is 5.03. The number of fused-ring (bicyclic) bond motifs is 1. The molecule has 0 atom stereocenters. The van der Waals surface area contributed by atoms with E-state index in [0.29, 0.717) is 24.3 Å². The zero-order valence-corrected chi connectivity index (χ0v) is 11.6. The van der Waals surface area contributed by atoms with E-state index in [9.17, 15) is 0 Å². The summed E-state index contributed by atoms with van der Waals surface area (Å²) in [7, 11) is 1.59. The molecule has 1 fully saturated rings. The van der Waals surface area contributed by atoms with Crippen LogP contribution in [0, 0.1) is 5.92 Å². The van der Waals surface area contributed by atoms with Crippen LogP contribution in [0.4, 0.5) is 0 Å². The fourth-order valence-corrected chi connectivity index (χ4v) is 2.44. The predicted molar refractivity (Wildman–Crippen MR) is 77.2 cm³/mol. The van der Waals surface area contributed by atoms with Gasteiger partial charge in [-0.05, 0) is 44.0 Å². The summed E-state index contributed by atoms with van der Waals surface area (Å²) in [6.45, 7) is 2.80. The zero-order chi connectivity index (χ0) is 13.8. The number of methoxy groups -OCH3 is 1. The summed E-state index contributed by atoms with van der Waals surface area (Å²) >= 11 is 0. The quantitative estimate of drug-likeness (QED) is 0.923. The molecule has 1 aliphatic heterocycles. The Morgan fingerprint density at radius 1 is 1.10 bits per heavy atom. The van der Waals surface area contributed by atoms with Crippen molar-refractivity contribution in [1.82, 2.24) is 15.3 Å². The second kappa shape index (κ2) is 6.05. The SMILES string of the molecule is COc1nc2ccccc2nc1OCC1CCNCC1. The molecular weight excluding hydrogens is 254 g/mol. The van der Waals surface area contributed by atoms with Crippen LogP contribution in [0.5, 0.6) is 11.8 Å². The minimum Gasteiger partial charge on any atom is -0.477 e. The Labute approximate surface area is 118 Å². The molecule has 5 nitrogen and oxygen atoms in total. The van der Waals surface area contributed by atoms with Crippen molar-refractivity contribution in [3.8, 4) is 11.8 Å². The topological polar surface area (TPSA) is 56.3 Å². The standard InChI is InChI=1S/C15H19N3O2/c1-19-14-15(20-10-11-6-8-16-9-7-11)18-13-5-3-2-4-12(13)17-14/h2-5,11,16H,6-10H2,1H3. The fraction of sp³-hybridized carbons (Fsp3) is 0.467. The summed E-state index contributed by atoms with van der Waals surface area (Å²) in [5.41, 5.74) is 1.65. The van der Waals surface area contributed by atoms with E-state index < -0.39 is 0 Å². The molecule has 0 bridgehead atoms. The molecular formula is C15H19N3O2. The van der Waals surface area contributed by atoms with E-state index in [4.69, 9.17) is 9.47 Å². The van der Waals surface area contributed by atoms with Crippen LogP contribution in [0.3, 0.4) is 0 Å². The molecule has 1 aliphatic rings. The summed E-state index contributed by atoms with van der Waals surface area (Å²) in [5, 5.41) is 3.35. The van der Waals surface area contributed by atoms with Gasteiger partial charge in [-0.2, -0.15) is 0 Å². The van der Waals surface area contributed by atoms with Crippen LogP contribution >= 0.6 is 0 Å². The van der Waals surface area contributed by atoms with E-state index in [2.05, 4.69) is 15.3 Å². The molecule has 1 N–H and O–H groups in total. The average molecular weight is 273 g/mol. The Morgan fingerprint density at radius 2 is 1.75 bits per heavy atom. The van der Waals surface area contributed by atoms with Gasteiger partial charge in [0.1, 0.15) is 0 Å². The van der Waals surface area contributed by atoms with Crippen LogP contribution in [0.2, 0.25) is 0 Å². The maximum Gasteiger partial charge on any atom is 0.278 e. The van der Waals surface area contributed by atoms with E-state index in [0.717, 1.165) is 37.0 Å². The number of ether oxygens (including phenoxy) is 2. The summed E-state index contributed by atoms with van der Waals surface area (Å²) in [6, 6.07) is 7.73. The first kappa shape index (κ1) is 13.1. The van der Waals surface area contributed by atoms with Gasteiger partial charge in [0.15, 0.2) is 0 Å². The van der Waals surface area contributed by atoms with Crippen LogP contribution in [-0.2, 0) is 0 Å². The van der Waals surface area contributed by atoms with Crippen LogP contribution in [0.25, 0.3) is 11.0 Å². The Morgan fingerprint density at radius 3 is 2.40 bits per heavy atom. The molecule has 0 saturated carbocycles. The maximum atomic E-state index is 5.85. The summed E-state index contributed by atoms with van der Waals surface area (Å²) in [4.78, 5) is 8.94. The molecule has 3 rings (SSSR count). The minimum absolute atomic E-state index is 0.456. The van der Waals surface area contributed by atoms with E-state index in [-0.39, 0.29) is 0 Å². The number of nitrogens with zero attached hydrogens (tertiary/aromatic N) is 2. The lowest BCUT2D eigenvalue weighted by Gasteiger charge is -2.22. The van der Waals surface area contributed by atoms with Crippen LogP contribution < -0.4 is 14.8 Å². The molecule has 1 saturated heterocycles. The van der Waals surface area contributed by atoms with E-state index in [1.165, 1.54) is 0 Å². The van der Waals surface area contributed by atoms with Crippen molar-refractivity contribution in [3.63, 3.8) is 0 Å². The predicted octanol–water partition coefficient (Wildman–Crippen LogP) is 2.02. The van der Waals surface area contributed by atoms with Gasteiger partial charge in [-0.3, -0.25) is 0 Å². The van der Waals surface area contributed by atoms with Crippen molar-refractivity contribution in [2.45, 2.75) is 12.8 Å². The number of hydrogen-bond donors (Lipinski definition) is 1. The largest absolute Gasteiger partial charge is 0.477 e. The minimum atomic E-state index is 0.456. The number of benzene rings is 1. The first-order valence-electron chi connectivity index (χ1n) is 7.01. The number of hydrogen-bond acceptors (Lipinski definition) is 5. The van der Waals surface area contributed by atoms with Crippen LogP contribution in [0.1, 0.15) is 12.8 Å². The Hall–Kier alpha value is -1.88. The molecule has 106 valence electrons. The third-order valence-corrected chi connectivity index (χ3v) is 3.62. The lowest BCUT2D eigenvalue weighted by atomic mass is 9.99. The first-order chi connectivity index (χ1) is 9.86. The Kier molecular flexibility index (Phi) is 3.97. The third-order valence-electron chi connectivity index (χ3n) is 3.62. The molecule has 20 heavy (non-hydrogen) atoms. The molecule has 0 aliphatic carbocycles. The van der Waals surface area contributed by atoms with Gasteiger partial charge in [-0.25, -0.2) is 9.97 Å². The molecule has 0 radical (unpaired) electrons. The smallest absolute Gasteiger partial charge is 0.278 e. The third kappa shape index (κ3) is 2.82. The van der Waals surface area contributed by atoms with Gasteiger partial charge in [0.25, 0.3) is 11.8 Å². The number of rotatable bonds is 4. The highest BCUT2D eigenvalue weighted by molar-refractivity contribution is 5.75. The highest BCUT2D eigenvalue weighted by atomic mass is 16.5. The number of aromatic nitrogens is 2. The average Bonchev–Trinajstić information content (AvgIpc) is 2.53. The van der Waals surface area contributed by atoms with Crippen LogP contribution in [0.15, 0.2) is 24.3 Å². The summed E-state index contributed by atoms with van der Waals surface area (Å²) in [5.74, 6) is 1.52. The fourth-order valence-electron chi connectivity index (χ4n) is 2.44. The van der Waals surface area contributed by atoms with Gasteiger partial charge in [0.05, 0.1) is 24.8 Å². The number of nitrogens with one attached hydrogen (secondary N) is 1. The van der Waals surface area contributed by atoms with Crippen molar-refractivity contribution in [1.29, 1.82) is 0 Å². The highest BCUT2D eigenvalue weighted by Crippen LogP contribution is 2.26. The first-order valence-corrected chi connectivity index (χ1v) is 7.01. The molecule has 2 aromatic rings. The van der Waals surface area contributed by atoms with Gasteiger partial charge < -0.3 is 14.8 Å². The van der Waals surface area contributed by atoms with Crippen molar-refractivity contribution >= 4 is 11.0 Å². The molecule has 1 aromatic carbocycles. The van der Waals surface area contributed by atoms with Gasteiger partial charge in [0.2, 0.25) is 0 Å². The Bertz CT molecular complexity index is 582. The van der Waals surface area contributed by atoms with Crippen LogP contribution in [-0.4, -0.2) is 36.8 Å². The van der Waals surface area contributed by atoms with E-state index in [1.807, 2.05) is 24.3 Å². The van der Waals surface area contributed by atoms with Crippen molar-refractivity contribution in [3.05, 3.63) is 24.3 Å². The second-order valence-corrected chi connectivity index (χ2v) is 5.03. The lowest BCUT2D eigenvalue weighted by Crippen LogP contribution is -2.30. The van der Waals surface area contributed by atoms with Gasteiger partial charge >= 0.3 is 0 Å². The highest BCUT2D eigenvalue weighted by Gasteiger charge is 2.16. The molecule has 1 aromatic heterocycles. The van der Waals surface area contributed by atoms with Crippen molar-refractivity contribution in [2.75, 3.05) is 26.8 Å². The van der Waals surface area contributed by atoms with E-state index >= 15 is 0 Å². The normalized spacial score (nSPS) is 16.2.